The van der Waals surface area contributed by atoms with Crippen molar-refractivity contribution < 1.29 is 9.53 Å². The predicted molar refractivity (Wildman–Crippen MR) is 79.0 cm³/mol. The van der Waals surface area contributed by atoms with Gasteiger partial charge in [0.1, 0.15) is 5.82 Å². The SMILES string of the molecule is CCOC(=O)c1nc(CC(C)(C)C)n2c(C)cccc12. The van der Waals surface area contributed by atoms with Crippen molar-refractivity contribution in [2.45, 2.75) is 41.0 Å². The van der Waals surface area contributed by atoms with E-state index in [4.69, 9.17) is 4.74 Å². The Balaban J connectivity index is 2.61. The number of imidazole rings is 1. The summed E-state index contributed by atoms with van der Waals surface area (Å²) >= 11 is 0. The average molecular weight is 274 g/mol. The van der Waals surface area contributed by atoms with Crippen molar-refractivity contribution >= 4 is 11.5 Å². The molecule has 2 aromatic rings. The topological polar surface area (TPSA) is 43.6 Å². The largest absolute Gasteiger partial charge is 0.461 e. The fourth-order valence-corrected chi connectivity index (χ4v) is 2.32. The maximum absolute atomic E-state index is 12.1. The van der Waals surface area contributed by atoms with E-state index < -0.39 is 0 Å². The molecule has 0 aliphatic carbocycles. The van der Waals surface area contributed by atoms with Gasteiger partial charge in [-0.1, -0.05) is 26.8 Å². The molecule has 0 unspecified atom stereocenters. The number of hydrogen-bond acceptors (Lipinski definition) is 3. The number of fused-ring (bicyclic) bond motifs is 1. The third kappa shape index (κ3) is 2.84. The predicted octanol–water partition coefficient (Wildman–Crippen LogP) is 3.41. The first-order valence-corrected chi connectivity index (χ1v) is 6.97. The highest BCUT2D eigenvalue weighted by Crippen LogP contribution is 2.24. The van der Waals surface area contributed by atoms with Gasteiger partial charge < -0.3 is 9.14 Å². The van der Waals surface area contributed by atoms with Crippen LogP contribution in [0.2, 0.25) is 0 Å². The van der Waals surface area contributed by atoms with E-state index in [1.54, 1.807) is 6.92 Å². The molecule has 0 radical (unpaired) electrons. The van der Waals surface area contributed by atoms with Crippen molar-refractivity contribution in [3.05, 3.63) is 35.4 Å². The number of aryl methyl sites for hydroxylation is 1. The molecule has 0 saturated carbocycles. The molecule has 2 heterocycles. The lowest BCUT2D eigenvalue weighted by atomic mass is 9.92. The van der Waals surface area contributed by atoms with Gasteiger partial charge in [-0.25, -0.2) is 9.78 Å². The number of ether oxygens (including phenoxy) is 1. The van der Waals surface area contributed by atoms with E-state index in [0.29, 0.717) is 12.3 Å². The maximum Gasteiger partial charge on any atom is 0.359 e. The van der Waals surface area contributed by atoms with E-state index in [1.165, 1.54) is 0 Å². The normalized spacial score (nSPS) is 11.8. The Bertz CT molecular complexity index is 636. The Morgan fingerprint density at radius 3 is 2.65 bits per heavy atom. The summed E-state index contributed by atoms with van der Waals surface area (Å²) in [6.45, 7) is 10.7. The van der Waals surface area contributed by atoms with Crippen molar-refractivity contribution in [1.29, 1.82) is 0 Å². The minimum atomic E-state index is -0.351. The molecule has 0 atom stereocenters. The van der Waals surface area contributed by atoms with E-state index in [1.807, 2.05) is 25.1 Å². The minimum Gasteiger partial charge on any atom is -0.461 e. The van der Waals surface area contributed by atoms with Crippen LogP contribution in [0.1, 0.15) is 49.7 Å². The number of carbonyl (C=O) groups is 1. The third-order valence-corrected chi connectivity index (χ3v) is 3.08. The summed E-state index contributed by atoms with van der Waals surface area (Å²) in [5.41, 5.74) is 2.41. The van der Waals surface area contributed by atoms with Gasteiger partial charge in [0.25, 0.3) is 0 Å². The lowest BCUT2D eigenvalue weighted by Crippen LogP contribution is -2.12. The van der Waals surface area contributed by atoms with Crippen LogP contribution in [0.15, 0.2) is 18.2 Å². The molecule has 2 rings (SSSR count). The number of esters is 1. The Morgan fingerprint density at radius 1 is 1.35 bits per heavy atom. The standard InChI is InChI=1S/C16H22N2O2/c1-6-20-15(19)14-12-9-7-8-11(2)18(12)13(17-14)10-16(3,4)5/h7-9H,6,10H2,1-5H3. The zero-order valence-corrected chi connectivity index (χ0v) is 12.9. The van der Waals surface area contributed by atoms with Gasteiger partial charge >= 0.3 is 5.97 Å². The Kier molecular flexibility index (Phi) is 3.84. The summed E-state index contributed by atoms with van der Waals surface area (Å²) in [6, 6.07) is 5.88. The molecule has 0 N–H and O–H groups in total. The molecule has 0 spiro atoms. The second kappa shape index (κ2) is 5.27. The number of rotatable bonds is 3. The van der Waals surface area contributed by atoms with Crippen molar-refractivity contribution in [3.8, 4) is 0 Å². The number of hydrogen-bond donors (Lipinski definition) is 0. The fourth-order valence-electron chi connectivity index (χ4n) is 2.32. The lowest BCUT2D eigenvalue weighted by Gasteiger charge is -2.17. The van der Waals surface area contributed by atoms with E-state index in [2.05, 4.69) is 30.2 Å². The van der Waals surface area contributed by atoms with E-state index in [9.17, 15) is 4.79 Å². The number of pyridine rings is 1. The Hall–Kier alpha value is -1.84. The van der Waals surface area contributed by atoms with Crippen LogP contribution in [-0.2, 0) is 11.2 Å². The smallest absolute Gasteiger partial charge is 0.359 e. The van der Waals surface area contributed by atoms with Crippen LogP contribution in [0.3, 0.4) is 0 Å². The zero-order chi connectivity index (χ0) is 14.9. The van der Waals surface area contributed by atoms with Crippen LogP contribution in [-0.4, -0.2) is 22.0 Å². The Labute approximate surface area is 119 Å². The molecule has 0 aliphatic rings. The van der Waals surface area contributed by atoms with Gasteiger partial charge in [-0.2, -0.15) is 0 Å². The van der Waals surface area contributed by atoms with Gasteiger partial charge in [-0.15, -0.1) is 0 Å². The van der Waals surface area contributed by atoms with E-state index in [0.717, 1.165) is 23.5 Å². The highest BCUT2D eigenvalue weighted by Gasteiger charge is 2.22. The molecule has 0 aliphatic heterocycles. The van der Waals surface area contributed by atoms with Crippen molar-refractivity contribution in [1.82, 2.24) is 9.38 Å². The van der Waals surface area contributed by atoms with Crippen molar-refractivity contribution in [2.75, 3.05) is 6.61 Å². The molecule has 20 heavy (non-hydrogen) atoms. The highest BCUT2D eigenvalue weighted by atomic mass is 16.5. The first-order valence-electron chi connectivity index (χ1n) is 6.97. The zero-order valence-electron chi connectivity index (χ0n) is 12.9. The summed E-state index contributed by atoms with van der Waals surface area (Å²) in [5.74, 6) is 0.560. The lowest BCUT2D eigenvalue weighted by molar-refractivity contribution is 0.0522. The monoisotopic (exact) mass is 274 g/mol. The molecule has 0 aromatic carbocycles. The van der Waals surface area contributed by atoms with Crippen LogP contribution in [0.5, 0.6) is 0 Å². The summed E-state index contributed by atoms with van der Waals surface area (Å²) < 4.78 is 7.16. The van der Waals surface area contributed by atoms with E-state index >= 15 is 0 Å². The molecule has 4 heteroatoms. The average Bonchev–Trinajstić information content (AvgIpc) is 2.67. The second-order valence-electron chi connectivity index (χ2n) is 6.22. The summed E-state index contributed by atoms with van der Waals surface area (Å²) in [7, 11) is 0. The van der Waals surface area contributed by atoms with Gasteiger partial charge in [-0.05, 0) is 31.4 Å². The first kappa shape index (κ1) is 14.6. The molecule has 0 saturated heterocycles. The molecule has 0 fully saturated rings. The molecule has 0 amide bonds. The maximum atomic E-state index is 12.1. The first-order chi connectivity index (χ1) is 9.33. The quantitative estimate of drug-likeness (QED) is 0.806. The second-order valence-corrected chi connectivity index (χ2v) is 6.22. The van der Waals surface area contributed by atoms with Gasteiger partial charge in [0, 0.05) is 12.1 Å². The fraction of sp³-hybridized carbons (Fsp3) is 0.500. The van der Waals surface area contributed by atoms with Crippen molar-refractivity contribution in [2.24, 2.45) is 5.41 Å². The summed E-state index contributed by atoms with van der Waals surface area (Å²) in [4.78, 5) is 16.6. The van der Waals surface area contributed by atoms with Crippen LogP contribution < -0.4 is 0 Å². The van der Waals surface area contributed by atoms with E-state index in [-0.39, 0.29) is 11.4 Å². The minimum absolute atomic E-state index is 0.107. The third-order valence-electron chi connectivity index (χ3n) is 3.08. The van der Waals surface area contributed by atoms with Gasteiger partial charge in [0.05, 0.1) is 12.1 Å². The molecular weight excluding hydrogens is 252 g/mol. The highest BCUT2D eigenvalue weighted by molar-refractivity contribution is 5.95. The van der Waals surface area contributed by atoms with Gasteiger partial charge in [-0.3, -0.25) is 0 Å². The van der Waals surface area contributed by atoms with Gasteiger partial charge in [0.15, 0.2) is 5.69 Å². The summed E-state index contributed by atoms with van der Waals surface area (Å²) in [6.07, 6.45) is 0.804. The Morgan fingerprint density at radius 2 is 2.05 bits per heavy atom. The molecule has 4 nitrogen and oxygen atoms in total. The molecule has 0 bridgehead atoms. The summed E-state index contributed by atoms with van der Waals surface area (Å²) in [5, 5.41) is 0. The van der Waals surface area contributed by atoms with Crippen LogP contribution in [0.4, 0.5) is 0 Å². The van der Waals surface area contributed by atoms with Crippen LogP contribution in [0.25, 0.3) is 5.52 Å². The van der Waals surface area contributed by atoms with Crippen molar-refractivity contribution in [3.63, 3.8) is 0 Å². The molecule has 108 valence electrons. The molecular formula is C16H22N2O2. The number of aromatic nitrogens is 2. The number of nitrogens with zero attached hydrogens (tertiary/aromatic N) is 2. The van der Waals surface area contributed by atoms with Crippen LogP contribution in [0, 0.1) is 12.3 Å². The number of carbonyl (C=O) groups excluding carboxylic acids is 1. The molecule has 2 aromatic heterocycles. The van der Waals surface area contributed by atoms with Crippen LogP contribution >= 0.6 is 0 Å². The van der Waals surface area contributed by atoms with Gasteiger partial charge in [0.2, 0.25) is 0 Å².